The van der Waals surface area contributed by atoms with E-state index in [9.17, 15) is 4.79 Å². The minimum absolute atomic E-state index is 0.0715. The Morgan fingerprint density at radius 2 is 1.76 bits per heavy atom. The smallest absolute Gasteiger partial charge is 0.308 e. The third-order valence-corrected chi connectivity index (χ3v) is 5.03. The molecule has 0 fully saturated rings. The summed E-state index contributed by atoms with van der Waals surface area (Å²) in [6, 6.07) is 8.66. The van der Waals surface area contributed by atoms with Crippen molar-refractivity contribution in [1.29, 1.82) is 0 Å². The summed E-state index contributed by atoms with van der Waals surface area (Å²) in [7, 11) is 0.221. The highest BCUT2D eigenvalue weighted by Gasteiger charge is 2.17. The van der Waals surface area contributed by atoms with Crippen LogP contribution in [0.5, 0.6) is 0 Å². The van der Waals surface area contributed by atoms with Gasteiger partial charge in [0.2, 0.25) is 0 Å². The number of rotatable bonds is 4. The highest BCUT2D eigenvalue weighted by Crippen LogP contribution is 2.10. The quantitative estimate of drug-likeness (QED) is 0.606. The van der Waals surface area contributed by atoms with E-state index in [0.717, 1.165) is 6.42 Å². The van der Waals surface area contributed by atoms with Gasteiger partial charge in [-0.3, -0.25) is 4.79 Å². The van der Waals surface area contributed by atoms with Gasteiger partial charge in [0.25, 0.3) is 0 Å². The molecular weight excluding hydrogens is 228 g/mol. The second-order valence-corrected chi connectivity index (χ2v) is 10.7. The van der Waals surface area contributed by atoms with Gasteiger partial charge in [0, 0.05) is 0 Å². The molecule has 0 aliphatic carbocycles. The van der Waals surface area contributed by atoms with Gasteiger partial charge in [0.05, 0.1) is 21.1 Å². The predicted octanol–water partition coefficient (Wildman–Crippen LogP) is 2.58. The molecule has 1 atom stereocenters. The summed E-state index contributed by atoms with van der Waals surface area (Å²) in [5.74, 6) is -0.211. The van der Waals surface area contributed by atoms with Crippen LogP contribution in [0.15, 0.2) is 24.3 Å². The highest BCUT2D eigenvalue weighted by molar-refractivity contribution is 6.88. The fourth-order valence-electron chi connectivity index (χ4n) is 1.78. The van der Waals surface area contributed by atoms with Crippen molar-refractivity contribution >= 4 is 19.2 Å². The minimum atomic E-state index is -1.22. The molecule has 17 heavy (non-hydrogen) atoms. The molecule has 0 bridgehead atoms. The van der Waals surface area contributed by atoms with Crippen molar-refractivity contribution in [2.75, 3.05) is 7.11 Å². The molecule has 0 heterocycles. The zero-order valence-corrected chi connectivity index (χ0v) is 12.4. The molecule has 0 aliphatic heterocycles. The Morgan fingerprint density at radius 3 is 2.18 bits per heavy atom. The summed E-state index contributed by atoms with van der Waals surface area (Å²) in [5, 5.41) is 1.45. The maximum absolute atomic E-state index is 11.3. The van der Waals surface area contributed by atoms with Crippen molar-refractivity contribution in [2.45, 2.75) is 33.0 Å². The second kappa shape index (κ2) is 5.49. The normalized spacial score (nSPS) is 13.2. The molecule has 0 aromatic heterocycles. The van der Waals surface area contributed by atoms with Crippen molar-refractivity contribution in [3.05, 3.63) is 29.8 Å². The number of benzene rings is 1. The van der Waals surface area contributed by atoms with Gasteiger partial charge in [-0.2, -0.15) is 0 Å². The van der Waals surface area contributed by atoms with Crippen LogP contribution >= 0.6 is 0 Å². The number of hydrogen-bond donors (Lipinski definition) is 0. The molecule has 1 unspecified atom stereocenters. The van der Waals surface area contributed by atoms with Crippen LogP contribution in [0.1, 0.15) is 12.5 Å². The topological polar surface area (TPSA) is 26.3 Å². The van der Waals surface area contributed by atoms with E-state index in [1.54, 1.807) is 0 Å². The van der Waals surface area contributed by atoms with E-state index in [2.05, 4.69) is 43.9 Å². The molecular formula is C14H22O2Si. The van der Waals surface area contributed by atoms with Gasteiger partial charge in [-0.05, 0) is 12.0 Å². The number of esters is 1. The van der Waals surface area contributed by atoms with Gasteiger partial charge >= 0.3 is 5.97 Å². The fraction of sp³-hybridized carbons (Fsp3) is 0.500. The Bertz CT molecular complexity index is 376. The first-order chi connectivity index (χ1) is 7.84. The average molecular weight is 250 g/mol. The lowest BCUT2D eigenvalue weighted by atomic mass is 10.0. The van der Waals surface area contributed by atoms with Crippen LogP contribution in [0.2, 0.25) is 19.6 Å². The van der Waals surface area contributed by atoms with Gasteiger partial charge in [-0.1, -0.05) is 56.0 Å². The zero-order chi connectivity index (χ0) is 13.1. The Labute approximate surface area is 105 Å². The monoisotopic (exact) mass is 250 g/mol. The van der Waals surface area contributed by atoms with Crippen molar-refractivity contribution in [3.8, 4) is 0 Å². The Kier molecular flexibility index (Phi) is 4.51. The van der Waals surface area contributed by atoms with E-state index >= 15 is 0 Å². The van der Waals surface area contributed by atoms with Crippen LogP contribution in [-0.4, -0.2) is 21.2 Å². The van der Waals surface area contributed by atoms with Gasteiger partial charge in [-0.15, -0.1) is 0 Å². The molecule has 0 amide bonds. The number of ether oxygens (including phenoxy) is 1. The van der Waals surface area contributed by atoms with Gasteiger partial charge < -0.3 is 4.74 Å². The summed E-state index contributed by atoms with van der Waals surface area (Å²) >= 11 is 0. The second-order valence-electron chi connectivity index (χ2n) is 5.58. The van der Waals surface area contributed by atoms with Crippen molar-refractivity contribution < 1.29 is 9.53 Å². The first-order valence-electron chi connectivity index (χ1n) is 6.02. The maximum atomic E-state index is 11.3. The zero-order valence-electron chi connectivity index (χ0n) is 11.4. The number of methoxy groups -OCH3 is 1. The summed E-state index contributed by atoms with van der Waals surface area (Å²) in [4.78, 5) is 11.3. The molecule has 1 aromatic rings. The molecule has 0 saturated heterocycles. The molecule has 0 spiro atoms. The molecule has 0 radical (unpaired) electrons. The average Bonchev–Trinajstić information content (AvgIpc) is 2.27. The van der Waals surface area contributed by atoms with E-state index in [1.165, 1.54) is 17.9 Å². The van der Waals surface area contributed by atoms with Crippen molar-refractivity contribution in [1.82, 2.24) is 0 Å². The van der Waals surface area contributed by atoms with E-state index in [1.807, 2.05) is 6.92 Å². The van der Waals surface area contributed by atoms with Crippen LogP contribution in [0.4, 0.5) is 0 Å². The summed E-state index contributed by atoms with van der Waals surface area (Å²) < 4.78 is 4.73. The molecule has 94 valence electrons. The van der Waals surface area contributed by atoms with Crippen LogP contribution in [0.3, 0.4) is 0 Å². The van der Waals surface area contributed by atoms with E-state index < -0.39 is 8.07 Å². The third kappa shape index (κ3) is 4.00. The first-order valence-corrected chi connectivity index (χ1v) is 9.52. The van der Waals surface area contributed by atoms with E-state index in [0.29, 0.717) is 0 Å². The number of hydrogen-bond acceptors (Lipinski definition) is 2. The van der Waals surface area contributed by atoms with Crippen LogP contribution < -0.4 is 5.19 Å². The van der Waals surface area contributed by atoms with Gasteiger partial charge in [0.1, 0.15) is 0 Å². The molecule has 3 heteroatoms. The first kappa shape index (κ1) is 14.0. The van der Waals surface area contributed by atoms with Crippen molar-refractivity contribution in [3.63, 3.8) is 0 Å². The third-order valence-electron chi connectivity index (χ3n) is 2.97. The maximum Gasteiger partial charge on any atom is 0.308 e. The predicted molar refractivity (Wildman–Crippen MR) is 74.3 cm³/mol. The lowest BCUT2D eigenvalue weighted by molar-refractivity contribution is -0.144. The Balaban J connectivity index is 2.72. The summed E-state index contributed by atoms with van der Waals surface area (Å²) in [5.41, 5.74) is 1.20. The number of carbonyl (C=O) groups is 1. The van der Waals surface area contributed by atoms with E-state index in [4.69, 9.17) is 4.74 Å². The highest BCUT2D eigenvalue weighted by atomic mass is 28.3. The Hall–Kier alpha value is -1.09. The van der Waals surface area contributed by atoms with Crippen LogP contribution in [-0.2, 0) is 16.0 Å². The van der Waals surface area contributed by atoms with Gasteiger partial charge in [0.15, 0.2) is 0 Å². The van der Waals surface area contributed by atoms with Crippen molar-refractivity contribution in [2.24, 2.45) is 5.92 Å². The Morgan fingerprint density at radius 1 is 1.24 bits per heavy atom. The molecule has 0 aliphatic rings. The lowest BCUT2D eigenvalue weighted by Gasteiger charge is -2.17. The van der Waals surface area contributed by atoms with Crippen LogP contribution in [0.25, 0.3) is 0 Å². The molecule has 0 N–H and O–H groups in total. The largest absolute Gasteiger partial charge is 0.469 e. The summed E-state index contributed by atoms with van der Waals surface area (Å²) in [6.45, 7) is 8.90. The van der Waals surface area contributed by atoms with Crippen LogP contribution in [0, 0.1) is 5.92 Å². The summed E-state index contributed by atoms with van der Waals surface area (Å²) in [6.07, 6.45) is 0.749. The fourth-order valence-corrected chi connectivity index (χ4v) is 2.95. The minimum Gasteiger partial charge on any atom is -0.469 e. The number of carbonyl (C=O) groups excluding carboxylic acids is 1. The lowest BCUT2D eigenvalue weighted by Crippen LogP contribution is -2.37. The van der Waals surface area contributed by atoms with Gasteiger partial charge in [-0.25, -0.2) is 0 Å². The molecule has 1 rings (SSSR count). The standard InChI is InChI=1S/C14H22O2Si/c1-11(14(15)16-2)10-12-6-8-13(9-7-12)17(3,4)5/h6-9,11H,10H2,1-5H3. The molecule has 0 saturated carbocycles. The molecule has 1 aromatic carbocycles. The van der Waals surface area contributed by atoms with E-state index in [-0.39, 0.29) is 11.9 Å². The SMILES string of the molecule is COC(=O)C(C)Cc1ccc([Si](C)(C)C)cc1. The molecule has 2 nitrogen and oxygen atoms in total.